The SMILES string of the molecule is CC[C@H](C)[C@H](N)[C@@H](CC(=O)N1CCC[C@H]1[C@H](OC)[C@@H](C)C(=O)N[C@H](C=O)Cc1ccccc1)OC. The highest BCUT2D eigenvalue weighted by Gasteiger charge is 2.41. The number of nitrogens with one attached hydrogen (secondary N) is 1. The van der Waals surface area contributed by atoms with E-state index in [9.17, 15) is 14.4 Å². The topological polar surface area (TPSA) is 111 Å². The molecule has 0 aromatic heterocycles. The number of ether oxygens (including phenoxy) is 2. The summed E-state index contributed by atoms with van der Waals surface area (Å²) in [5, 5.41) is 2.85. The first-order chi connectivity index (χ1) is 16.8. The highest BCUT2D eigenvalue weighted by Crippen LogP contribution is 2.28. The molecule has 1 saturated heterocycles. The van der Waals surface area contributed by atoms with Crippen molar-refractivity contribution >= 4 is 18.1 Å². The van der Waals surface area contributed by atoms with Crippen molar-refractivity contribution in [3.8, 4) is 0 Å². The van der Waals surface area contributed by atoms with Crippen molar-refractivity contribution in [2.45, 2.75) is 83.2 Å². The van der Waals surface area contributed by atoms with Gasteiger partial charge in [0.05, 0.1) is 36.6 Å². The van der Waals surface area contributed by atoms with Crippen molar-refractivity contribution < 1.29 is 23.9 Å². The number of nitrogens with zero attached hydrogens (tertiary/aromatic N) is 1. The zero-order chi connectivity index (χ0) is 26.0. The van der Waals surface area contributed by atoms with Crippen molar-refractivity contribution in [3.63, 3.8) is 0 Å². The maximum atomic E-state index is 13.3. The molecule has 0 radical (unpaired) electrons. The number of benzene rings is 1. The molecule has 2 amide bonds. The monoisotopic (exact) mass is 489 g/mol. The van der Waals surface area contributed by atoms with Crippen molar-refractivity contribution in [1.29, 1.82) is 0 Å². The third-order valence-corrected chi connectivity index (χ3v) is 7.38. The lowest BCUT2D eigenvalue weighted by atomic mass is 9.92. The van der Waals surface area contributed by atoms with E-state index >= 15 is 0 Å². The zero-order valence-electron chi connectivity index (χ0n) is 21.8. The quantitative estimate of drug-likeness (QED) is 0.388. The van der Waals surface area contributed by atoms with E-state index in [1.54, 1.807) is 21.1 Å². The first-order valence-corrected chi connectivity index (χ1v) is 12.7. The van der Waals surface area contributed by atoms with Crippen LogP contribution in [-0.4, -0.2) is 74.1 Å². The Morgan fingerprint density at radius 1 is 1.20 bits per heavy atom. The second kappa shape index (κ2) is 14.3. The molecule has 0 bridgehead atoms. The molecule has 8 heteroatoms. The molecule has 8 nitrogen and oxygen atoms in total. The van der Waals surface area contributed by atoms with Crippen LogP contribution in [0.25, 0.3) is 0 Å². The number of nitrogens with two attached hydrogens (primary N) is 1. The van der Waals surface area contributed by atoms with Crippen LogP contribution in [0.4, 0.5) is 0 Å². The van der Waals surface area contributed by atoms with Crippen LogP contribution in [0.15, 0.2) is 30.3 Å². The van der Waals surface area contributed by atoms with Gasteiger partial charge in [0.2, 0.25) is 11.8 Å². The fourth-order valence-corrected chi connectivity index (χ4v) is 4.91. The molecular weight excluding hydrogens is 446 g/mol. The van der Waals surface area contributed by atoms with Crippen molar-refractivity contribution in [2.24, 2.45) is 17.6 Å². The molecule has 35 heavy (non-hydrogen) atoms. The predicted molar refractivity (Wildman–Crippen MR) is 136 cm³/mol. The fraction of sp³-hybridized carbons (Fsp3) is 0.667. The van der Waals surface area contributed by atoms with Crippen LogP contribution in [0.2, 0.25) is 0 Å². The molecular formula is C27H43N3O5. The Morgan fingerprint density at radius 3 is 2.46 bits per heavy atom. The average molecular weight is 490 g/mol. The Kier molecular flexibility index (Phi) is 11.8. The van der Waals surface area contributed by atoms with Crippen LogP contribution >= 0.6 is 0 Å². The number of hydrogen-bond donors (Lipinski definition) is 2. The summed E-state index contributed by atoms with van der Waals surface area (Å²) in [6.45, 7) is 6.52. The lowest BCUT2D eigenvalue weighted by Gasteiger charge is -2.35. The zero-order valence-corrected chi connectivity index (χ0v) is 21.8. The van der Waals surface area contributed by atoms with Crippen LogP contribution in [0.3, 0.4) is 0 Å². The largest absolute Gasteiger partial charge is 0.379 e. The number of hydrogen-bond acceptors (Lipinski definition) is 6. The molecule has 1 aliphatic heterocycles. The molecule has 1 aromatic carbocycles. The van der Waals surface area contributed by atoms with E-state index in [0.717, 1.165) is 31.1 Å². The molecule has 1 aromatic rings. The summed E-state index contributed by atoms with van der Waals surface area (Å²) < 4.78 is 11.3. The van der Waals surface area contributed by atoms with E-state index in [1.807, 2.05) is 35.2 Å². The van der Waals surface area contributed by atoms with Gasteiger partial charge in [0, 0.05) is 26.8 Å². The molecule has 7 atom stereocenters. The van der Waals surface area contributed by atoms with Crippen LogP contribution in [0.1, 0.15) is 52.0 Å². The maximum Gasteiger partial charge on any atom is 0.226 e. The second-order valence-electron chi connectivity index (χ2n) is 9.67. The van der Waals surface area contributed by atoms with E-state index in [2.05, 4.69) is 19.2 Å². The minimum absolute atomic E-state index is 0.0393. The first-order valence-electron chi connectivity index (χ1n) is 12.7. The van der Waals surface area contributed by atoms with Gasteiger partial charge in [-0.25, -0.2) is 0 Å². The van der Waals surface area contributed by atoms with Gasteiger partial charge in [0.25, 0.3) is 0 Å². The van der Waals surface area contributed by atoms with Crippen LogP contribution in [0, 0.1) is 11.8 Å². The summed E-state index contributed by atoms with van der Waals surface area (Å²) in [6.07, 6.45) is 3.01. The lowest BCUT2D eigenvalue weighted by molar-refractivity contribution is -0.142. The highest BCUT2D eigenvalue weighted by atomic mass is 16.5. The molecule has 0 spiro atoms. The van der Waals surface area contributed by atoms with Gasteiger partial charge in [-0.1, -0.05) is 57.5 Å². The van der Waals surface area contributed by atoms with Gasteiger partial charge in [0.15, 0.2) is 0 Å². The number of carbonyl (C=O) groups is 3. The van der Waals surface area contributed by atoms with Crippen molar-refractivity contribution in [2.75, 3.05) is 20.8 Å². The van der Waals surface area contributed by atoms with E-state index in [0.29, 0.717) is 13.0 Å². The fourth-order valence-electron chi connectivity index (χ4n) is 4.91. The summed E-state index contributed by atoms with van der Waals surface area (Å²) in [4.78, 5) is 39.8. The number of likely N-dealkylation sites (tertiary alicyclic amines) is 1. The predicted octanol–water partition coefficient (Wildman–Crippen LogP) is 2.33. The smallest absolute Gasteiger partial charge is 0.226 e. The molecule has 1 heterocycles. The van der Waals surface area contributed by atoms with Gasteiger partial charge < -0.3 is 30.2 Å². The average Bonchev–Trinajstić information content (AvgIpc) is 3.36. The third-order valence-electron chi connectivity index (χ3n) is 7.38. The number of rotatable bonds is 14. The minimum Gasteiger partial charge on any atom is -0.379 e. The number of methoxy groups -OCH3 is 2. The Morgan fingerprint density at radius 2 is 1.89 bits per heavy atom. The first kappa shape index (κ1) is 28.9. The molecule has 0 unspecified atom stereocenters. The third kappa shape index (κ3) is 7.85. The van der Waals surface area contributed by atoms with E-state index < -0.39 is 18.1 Å². The van der Waals surface area contributed by atoms with Gasteiger partial charge in [-0.3, -0.25) is 9.59 Å². The van der Waals surface area contributed by atoms with Gasteiger partial charge in [-0.15, -0.1) is 0 Å². The normalized spacial score (nSPS) is 21.0. The van der Waals surface area contributed by atoms with Crippen LogP contribution in [-0.2, 0) is 30.3 Å². The number of aldehydes is 1. The Bertz CT molecular complexity index is 805. The standard InChI is InChI=1S/C27H43N3O5/c1-6-18(2)25(28)23(34-4)16-24(32)30-14-10-13-22(30)26(35-5)19(3)27(33)29-21(17-31)15-20-11-8-7-9-12-20/h7-9,11-12,17-19,21-23,25-26H,6,10,13-16,28H2,1-5H3,(H,29,33)/t18-,19+,21-,22-,23+,25-,26+/m0/s1. The van der Waals surface area contributed by atoms with Gasteiger partial charge in [-0.05, 0) is 30.7 Å². The molecule has 3 N–H and O–H groups in total. The molecule has 196 valence electrons. The molecule has 1 aliphatic rings. The Hall–Kier alpha value is -2.29. The summed E-state index contributed by atoms with van der Waals surface area (Å²) >= 11 is 0. The number of carbonyl (C=O) groups excluding carboxylic acids is 3. The minimum atomic E-state index is -0.629. The second-order valence-corrected chi connectivity index (χ2v) is 9.67. The maximum absolute atomic E-state index is 13.3. The summed E-state index contributed by atoms with van der Waals surface area (Å²) in [5.41, 5.74) is 7.32. The van der Waals surface area contributed by atoms with Crippen LogP contribution < -0.4 is 11.1 Å². The molecule has 0 aliphatic carbocycles. The Labute approximate surface area is 209 Å². The molecule has 0 saturated carbocycles. The van der Waals surface area contributed by atoms with Gasteiger partial charge >= 0.3 is 0 Å². The molecule has 2 rings (SSSR count). The van der Waals surface area contributed by atoms with E-state index in [-0.39, 0.29) is 42.3 Å². The van der Waals surface area contributed by atoms with Crippen molar-refractivity contribution in [3.05, 3.63) is 35.9 Å². The summed E-state index contributed by atoms with van der Waals surface area (Å²) in [6, 6.07) is 8.47. The van der Waals surface area contributed by atoms with Crippen LogP contribution in [0.5, 0.6) is 0 Å². The lowest BCUT2D eigenvalue weighted by Crippen LogP contribution is -2.52. The van der Waals surface area contributed by atoms with Gasteiger partial charge in [-0.2, -0.15) is 0 Å². The molecule has 1 fully saturated rings. The Balaban J connectivity index is 2.05. The summed E-state index contributed by atoms with van der Waals surface area (Å²) in [5.74, 6) is -0.614. The van der Waals surface area contributed by atoms with E-state index in [1.165, 1.54) is 0 Å². The van der Waals surface area contributed by atoms with Gasteiger partial charge in [0.1, 0.15) is 6.29 Å². The number of amides is 2. The highest BCUT2D eigenvalue weighted by molar-refractivity contribution is 5.82. The van der Waals surface area contributed by atoms with Crippen molar-refractivity contribution in [1.82, 2.24) is 10.2 Å². The summed E-state index contributed by atoms with van der Waals surface area (Å²) in [7, 11) is 3.15. The van der Waals surface area contributed by atoms with E-state index in [4.69, 9.17) is 15.2 Å².